The molecule has 0 saturated carbocycles. The second-order valence-corrected chi connectivity index (χ2v) is 5.22. The second kappa shape index (κ2) is 8.64. The van der Waals surface area contributed by atoms with Crippen LogP contribution < -0.4 is 11.1 Å². The summed E-state index contributed by atoms with van der Waals surface area (Å²) < 4.78 is 0. The first-order chi connectivity index (χ1) is 9.35. The lowest BCUT2D eigenvalue weighted by Crippen LogP contribution is -2.49. The normalized spacial score (nSPS) is 12.8. The highest BCUT2D eigenvalue weighted by Gasteiger charge is 2.29. The summed E-state index contributed by atoms with van der Waals surface area (Å²) in [5.74, 6) is -0.182. The lowest BCUT2D eigenvalue weighted by atomic mass is 9.92. The number of hydrogen-bond donors (Lipinski definition) is 2. The zero-order chi connectivity index (χ0) is 15.2. The van der Waals surface area contributed by atoms with Crippen LogP contribution in [0, 0.1) is 0 Å². The SMILES string of the molecule is CN(C)C(=O)CCCNC(=O)C(C)(N)c1ccccc1.Cl. The third kappa shape index (κ3) is 5.73. The Hall–Kier alpha value is -1.59. The summed E-state index contributed by atoms with van der Waals surface area (Å²) in [7, 11) is 3.43. The molecule has 3 N–H and O–H groups in total. The van der Waals surface area contributed by atoms with Crippen molar-refractivity contribution in [2.45, 2.75) is 25.3 Å². The summed E-state index contributed by atoms with van der Waals surface area (Å²) in [6, 6.07) is 9.24. The lowest BCUT2D eigenvalue weighted by molar-refractivity contribution is -0.129. The van der Waals surface area contributed by atoms with Crippen molar-refractivity contribution < 1.29 is 9.59 Å². The molecule has 1 atom stereocenters. The van der Waals surface area contributed by atoms with Gasteiger partial charge in [0.2, 0.25) is 11.8 Å². The van der Waals surface area contributed by atoms with E-state index in [1.165, 1.54) is 0 Å². The molecular weight excluding hydrogens is 290 g/mol. The average Bonchev–Trinajstić information content (AvgIpc) is 2.43. The van der Waals surface area contributed by atoms with Crippen molar-refractivity contribution in [3.05, 3.63) is 35.9 Å². The molecule has 0 heterocycles. The Kier molecular flexibility index (Phi) is 7.99. The van der Waals surface area contributed by atoms with Gasteiger partial charge in [-0.2, -0.15) is 0 Å². The first-order valence-corrected chi connectivity index (χ1v) is 6.68. The maximum atomic E-state index is 12.1. The zero-order valence-corrected chi connectivity index (χ0v) is 13.6. The van der Waals surface area contributed by atoms with Gasteiger partial charge in [-0.25, -0.2) is 0 Å². The molecule has 6 heteroatoms. The number of amides is 2. The van der Waals surface area contributed by atoms with E-state index < -0.39 is 5.54 Å². The molecule has 1 rings (SSSR count). The molecule has 118 valence electrons. The van der Waals surface area contributed by atoms with Crippen LogP contribution in [-0.2, 0) is 15.1 Å². The Bertz CT molecular complexity index is 461. The number of hydrogen-bond acceptors (Lipinski definition) is 3. The van der Waals surface area contributed by atoms with E-state index in [0.717, 1.165) is 5.56 Å². The molecule has 0 aliphatic carbocycles. The first kappa shape index (κ1) is 19.4. The van der Waals surface area contributed by atoms with E-state index in [0.29, 0.717) is 19.4 Å². The van der Waals surface area contributed by atoms with E-state index in [1.54, 1.807) is 25.9 Å². The van der Waals surface area contributed by atoms with Crippen molar-refractivity contribution in [1.29, 1.82) is 0 Å². The molecule has 0 aliphatic heterocycles. The fourth-order valence-electron chi connectivity index (χ4n) is 1.76. The van der Waals surface area contributed by atoms with Crippen LogP contribution in [0.5, 0.6) is 0 Å². The molecule has 2 amide bonds. The van der Waals surface area contributed by atoms with Crippen molar-refractivity contribution >= 4 is 24.2 Å². The van der Waals surface area contributed by atoms with Crippen molar-refractivity contribution in [3.63, 3.8) is 0 Å². The van der Waals surface area contributed by atoms with E-state index >= 15 is 0 Å². The fraction of sp³-hybridized carbons (Fsp3) is 0.467. The van der Waals surface area contributed by atoms with Gasteiger partial charge >= 0.3 is 0 Å². The van der Waals surface area contributed by atoms with E-state index in [-0.39, 0.29) is 24.2 Å². The standard InChI is InChI=1S/C15H23N3O2.ClH/c1-15(16,12-8-5-4-6-9-12)14(20)17-11-7-10-13(19)18(2)3;/h4-6,8-9H,7,10-11,16H2,1-3H3,(H,17,20);1H. The Labute approximate surface area is 132 Å². The molecule has 0 bridgehead atoms. The number of benzene rings is 1. The Morgan fingerprint density at radius 3 is 2.33 bits per heavy atom. The minimum atomic E-state index is -1.06. The highest BCUT2D eigenvalue weighted by atomic mass is 35.5. The molecule has 0 fully saturated rings. The topological polar surface area (TPSA) is 75.4 Å². The Balaban J connectivity index is 0.00000400. The number of carbonyl (C=O) groups is 2. The summed E-state index contributed by atoms with van der Waals surface area (Å²) in [5.41, 5.74) is 5.79. The van der Waals surface area contributed by atoms with E-state index in [1.807, 2.05) is 30.3 Å². The van der Waals surface area contributed by atoms with Gasteiger partial charge in [0.25, 0.3) is 0 Å². The number of nitrogens with one attached hydrogen (secondary N) is 1. The van der Waals surface area contributed by atoms with Crippen molar-refractivity contribution in [3.8, 4) is 0 Å². The summed E-state index contributed by atoms with van der Waals surface area (Å²) in [6.07, 6.45) is 1.02. The molecule has 5 nitrogen and oxygen atoms in total. The summed E-state index contributed by atoms with van der Waals surface area (Å²) in [5, 5.41) is 2.78. The molecule has 0 saturated heterocycles. The van der Waals surface area contributed by atoms with Crippen LogP contribution >= 0.6 is 12.4 Å². The third-order valence-corrected chi connectivity index (χ3v) is 3.20. The molecule has 0 spiro atoms. The van der Waals surface area contributed by atoms with Gasteiger partial charge in [0, 0.05) is 27.1 Å². The van der Waals surface area contributed by atoms with Gasteiger partial charge < -0.3 is 16.0 Å². The van der Waals surface area contributed by atoms with Gasteiger partial charge in [-0.3, -0.25) is 9.59 Å². The highest BCUT2D eigenvalue weighted by molar-refractivity contribution is 5.87. The number of halogens is 1. The van der Waals surface area contributed by atoms with Gasteiger partial charge in [0.15, 0.2) is 0 Å². The van der Waals surface area contributed by atoms with Crippen molar-refractivity contribution in [1.82, 2.24) is 10.2 Å². The Morgan fingerprint density at radius 2 is 1.81 bits per heavy atom. The van der Waals surface area contributed by atoms with Gasteiger partial charge in [0.05, 0.1) is 0 Å². The summed E-state index contributed by atoms with van der Waals surface area (Å²) in [4.78, 5) is 25.0. The minimum Gasteiger partial charge on any atom is -0.354 e. The molecule has 0 aliphatic rings. The van der Waals surface area contributed by atoms with Crippen LogP contribution in [-0.4, -0.2) is 37.4 Å². The monoisotopic (exact) mass is 313 g/mol. The molecule has 0 aromatic heterocycles. The number of nitrogens with two attached hydrogens (primary N) is 1. The zero-order valence-electron chi connectivity index (χ0n) is 12.8. The number of nitrogens with zero attached hydrogens (tertiary/aromatic N) is 1. The largest absolute Gasteiger partial charge is 0.354 e. The third-order valence-electron chi connectivity index (χ3n) is 3.20. The predicted octanol–water partition coefficient (Wildman–Crippen LogP) is 1.27. The first-order valence-electron chi connectivity index (χ1n) is 6.68. The van der Waals surface area contributed by atoms with E-state index in [9.17, 15) is 9.59 Å². The van der Waals surface area contributed by atoms with Gasteiger partial charge in [0.1, 0.15) is 5.54 Å². The molecule has 1 unspecified atom stereocenters. The van der Waals surface area contributed by atoms with E-state index in [4.69, 9.17) is 5.73 Å². The Morgan fingerprint density at radius 1 is 1.24 bits per heavy atom. The lowest BCUT2D eigenvalue weighted by Gasteiger charge is -2.24. The molecule has 1 aromatic carbocycles. The van der Waals surface area contributed by atoms with Crippen LogP contribution in [0.1, 0.15) is 25.3 Å². The quantitative estimate of drug-likeness (QED) is 0.777. The molecule has 21 heavy (non-hydrogen) atoms. The van der Waals surface area contributed by atoms with Crippen molar-refractivity contribution in [2.24, 2.45) is 5.73 Å². The smallest absolute Gasteiger partial charge is 0.244 e. The average molecular weight is 314 g/mol. The maximum Gasteiger partial charge on any atom is 0.244 e. The van der Waals surface area contributed by atoms with Gasteiger partial charge in [-0.15, -0.1) is 12.4 Å². The van der Waals surface area contributed by atoms with Crippen molar-refractivity contribution in [2.75, 3.05) is 20.6 Å². The summed E-state index contributed by atoms with van der Waals surface area (Å²) >= 11 is 0. The predicted molar refractivity (Wildman–Crippen MR) is 86.2 cm³/mol. The number of carbonyl (C=O) groups excluding carboxylic acids is 2. The van der Waals surface area contributed by atoms with Crippen LogP contribution in [0.25, 0.3) is 0 Å². The fourth-order valence-corrected chi connectivity index (χ4v) is 1.76. The number of rotatable bonds is 6. The van der Waals surface area contributed by atoms with Crippen LogP contribution in [0.4, 0.5) is 0 Å². The van der Waals surface area contributed by atoms with E-state index in [2.05, 4.69) is 5.32 Å². The van der Waals surface area contributed by atoms with Gasteiger partial charge in [-0.1, -0.05) is 30.3 Å². The van der Waals surface area contributed by atoms with Crippen LogP contribution in [0.3, 0.4) is 0 Å². The molecular formula is C15H24ClN3O2. The highest BCUT2D eigenvalue weighted by Crippen LogP contribution is 2.17. The molecule has 1 aromatic rings. The minimum absolute atomic E-state index is 0. The summed E-state index contributed by atoms with van der Waals surface area (Å²) in [6.45, 7) is 2.13. The maximum absolute atomic E-state index is 12.1. The second-order valence-electron chi connectivity index (χ2n) is 5.22. The van der Waals surface area contributed by atoms with Crippen LogP contribution in [0.15, 0.2) is 30.3 Å². The van der Waals surface area contributed by atoms with Gasteiger partial charge in [-0.05, 0) is 18.9 Å². The molecule has 0 radical (unpaired) electrons. The van der Waals surface area contributed by atoms with Crippen LogP contribution in [0.2, 0.25) is 0 Å².